The van der Waals surface area contributed by atoms with Crippen LogP contribution in [-0.2, 0) is 9.59 Å². The van der Waals surface area contributed by atoms with E-state index in [1.54, 1.807) is 24.3 Å². The van der Waals surface area contributed by atoms with Crippen LogP contribution < -0.4 is 20.9 Å². The van der Waals surface area contributed by atoms with E-state index in [1.807, 2.05) is 0 Å². The molecule has 2 rings (SSSR count). The van der Waals surface area contributed by atoms with Crippen LogP contribution in [-0.4, -0.2) is 30.4 Å². The Hall–Kier alpha value is -3.13. The van der Waals surface area contributed by atoms with Gasteiger partial charge >= 0.3 is 0 Å². The van der Waals surface area contributed by atoms with Gasteiger partial charge in [-0.05, 0) is 37.3 Å². The van der Waals surface area contributed by atoms with E-state index in [-0.39, 0.29) is 12.3 Å². The fourth-order valence-electron chi connectivity index (χ4n) is 1.95. The van der Waals surface area contributed by atoms with Crippen molar-refractivity contribution in [1.29, 1.82) is 0 Å². The zero-order valence-electron chi connectivity index (χ0n) is 14.3. The van der Waals surface area contributed by atoms with Gasteiger partial charge in [0.1, 0.15) is 0 Å². The second-order valence-electron chi connectivity index (χ2n) is 5.42. The minimum atomic E-state index is -1.05. The number of halogens is 2. The molecule has 1 unspecified atom stereocenters. The lowest BCUT2D eigenvalue weighted by molar-refractivity contribution is -0.132. The smallest absolute Gasteiger partial charge is 0.279 e. The summed E-state index contributed by atoms with van der Waals surface area (Å²) in [5, 5.41) is 2.78. The standard InChI is InChI=1S/C18H17ClFN3O4/c1-11(27-15-8-3-2-7-14(15)20)17(25)23-22-16(24)10-21-18(26)12-5-4-6-13(19)9-12/h2-9,11H,10H2,1H3,(H,21,26)(H,22,24)(H,23,25). The molecule has 0 aliphatic carbocycles. The molecule has 1 atom stereocenters. The van der Waals surface area contributed by atoms with Crippen molar-refractivity contribution in [1.82, 2.24) is 16.2 Å². The van der Waals surface area contributed by atoms with Crippen LogP contribution in [0.25, 0.3) is 0 Å². The molecule has 0 aromatic heterocycles. The maximum atomic E-state index is 13.5. The second kappa shape index (κ2) is 9.54. The van der Waals surface area contributed by atoms with Crippen LogP contribution >= 0.6 is 11.6 Å². The van der Waals surface area contributed by atoms with E-state index >= 15 is 0 Å². The van der Waals surface area contributed by atoms with Crippen LogP contribution in [0, 0.1) is 5.82 Å². The molecular formula is C18H17ClFN3O4. The third-order valence-electron chi connectivity index (χ3n) is 3.33. The van der Waals surface area contributed by atoms with E-state index in [0.29, 0.717) is 10.6 Å². The van der Waals surface area contributed by atoms with Crippen molar-refractivity contribution < 1.29 is 23.5 Å². The number of carbonyl (C=O) groups excluding carboxylic acids is 3. The van der Waals surface area contributed by atoms with Crippen LogP contribution in [0.2, 0.25) is 5.02 Å². The van der Waals surface area contributed by atoms with E-state index in [1.165, 1.54) is 31.2 Å². The van der Waals surface area contributed by atoms with E-state index in [2.05, 4.69) is 16.2 Å². The Kier molecular flexibility index (Phi) is 7.13. The predicted octanol–water partition coefficient (Wildman–Crippen LogP) is 1.82. The van der Waals surface area contributed by atoms with Gasteiger partial charge in [-0.25, -0.2) is 4.39 Å². The van der Waals surface area contributed by atoms with Crippen molar-refractivity contribution in [2.45, 2.75) is 13.0 Å². The Morgan fingerprint density at radius 3 is 2.56 bits per heavy atom. The van der Waals surface area contributed by atoms with Gasteiger partial charge < -0.3 is 10.1 Å². The maximum absolute atomic E-state index is 13.5. The highest BCUT2D eigenvalue weighted by atomic mass is 35.5. The highest BCUT2D eigenvalue weighted by molar-refractivity contribution is 6.30. The number of hydrogen-bond acceptors (Lipinski definition) is 4. The summed E-state index contributed by atoms with van der Waals surface area (Å²) < 4.78 is 18.7. The number of carbonyl (C=O) groups is 3. The molecule has 9 heteroatoms. The molecule has 0 aliphatic rings. The first-order valence-corrected chi connectivity index (χ1v) is 8.28. The molecule has 7 nitrogen and oxygen atoms in total. The number of hydrogen-bond donors (Lipinski definition) is 3. The van der Waals surface area contributed by atoms with Crippen LogP contribution in [0.5, 0.6) is 5.75 Å². The molecular weight excluding hydrogens is 377 g/mol. The van der Waals surface area contributed by atoms with Crippen molar-refractivity contribution in [2.24, 2.45) is 0 Å². The molecule has 2 aromatic rings. The highest BCUT2D eigenvalue weighted by Gasteiger charge is 2.17. The van der Waals surface area contributed by atoms with E-state index in [0.717, 1.165) is 0 Å². The zero-order chi connectivity index (χ0) is 19.8. The molecule has 142 valence electrons. The quantitative estimate of drug-likeness (QED) is 0.652. The third kappa shape index (κ3) is 6.27. The second-order valence-corrected chi connectivity index (χ2v) is 5.86. The summed E-state index contributed by atoms with van der Waals surface area (Å²) in [5.41, 5.74) is 4.56. The number of nitrogens with one attached hydrogen (secondary N) is 3. The van der Waals surface area contributed by atoms with Gasteiger partial charge in [-0.3, -0.25) is 25.2 Å². The first-order chi connectivity index (χ1) is 12.9. The Labute approximate surface area is 159 Å². The van der Waals surface area contributed by atoms with E-state index < -0.39 is 29.6 Å². The number of benzene rings is 2. The Bertz CT molecular complexity index is 847. The molecule has 3 N–H and O–H groups in total. The molecule has 0 bridgehead atoms. The number of rotatable bonds is 6. The van der Waals surface area contributed by atoms with Crippen molar-refractivity contribution in [3.05, 3.63) is 64.9 Å². The van der Waals surface area contributed by atoms with Gasteiger partial charge in [0, 0.05) is 10.6 Å². The number of hydrazine groups is 1. The maximum Gasteiger partial charge on any atom is 0.279 e. The monoisotopic (exact) mass is 393 g/mol. The van der Waals surface area contributed by atoms with Crippen molar-refractivity contribution >= 4 is 29.3 Å². The van der Waals surface area contributed by atoms with Gasteiger partial charge in [0.15, 0.2) is 17.7 Å². The predicted molar refractivity (Wildman–Crippen MR) is 96.6 cm³/mol. The first kappa shape index (κ1) is 20.2. The SMILES string of the molecule is CC(Oc1ccccc1F)C(=O)NNC(=O)CNC(=O)c1cccc(Cl)c1. The van der Waals surface area contributed by atoms with Gasteiger partial charge in [-0.15, -0.1) is 0 Å². The lowest BCUT2D eigenvalue weighted by atomic mass is 10.2. The number of para-hydroxylation sites is 1. The third-order valence-corrected chi connectivity index (χ3v) is 3.57. The largest absolute Gasteiger partial charge is 0.478 e. The van der Waals surface area contributed by atoms with E-state index in [9.17, 15) is 18.8 Å². The fourth-order valence-corrected chi connectivity index (χ4v) is 2.14. The first-order valence-electron chi connectivity index (χ1n) is 7.90. The lowest BCUT2D eigenvalue weighted by Gasteiger charge is -2.15. The molecule has 0 radical (unpaired) electrons. The van der Waals surface area contributed by atoms with Crippen molar-refractivity contribution in [3.8, 4) is 5.75 Å². The lowest BCUT2D eigenvalue weighted by Crippen LogP contribution is -2.50. The molecule has 0 saturated heterocycles. The average Bonchev–Trinajstić information content (AvgIpc) is 2.65. The summed E-state index contributed by atoms with van der Waals surface area (Å²) in [4.78, 5) is 35.5. The zero-order valence-corrected chi connectivity index (χ0v) is 15.0. The van der Waals surface area contributed by atoms with Crippen LogP contribution in [0.3, 0.4) is 0 Å². The summed E-state index contributed by atoms with van der Waals surface area (Å²) in [6.07, 6.45) is -1.05. The Morgan fingerprint density at radius 1 is 1.11 bits per heavy atom. The normalized spacial score (nSPS) is 11.2. The molecule has 2 aromatic carbocycles. The van der Waals surface area contributed by atoms with Gasteiger partial charge in [-0.1, -0.05) is 29.8 Å². The van der Waals surface area contributed by atoms with Gasteiger partial charge in [0.25, 0.3) is 17.7 Å². The summed E-state index contributed by atoms with van der Waals surface area (Å²) in [6, 6.07) is 11.9. The minimum absolute atomic E-state index is 0.0831. The Morgan fingerprint density at radius 2 is 1.85 bits per heavy atom. The number of ether oxygens (including phenoxy) is 1. The summed E-state index contributed by atoms with van der Waals surface area (Å²) in [7, 11) is 0. The molecule has 0 heterocycles. The molecule has 27 heavy (non-hydrogen) atoms. The van der Waals surface area contributed by atoms with Crippen molar-refractivity contribution in [2.75, 3.05) is 6.54 Å². The van der Waals surface area contributed by atoms with Crippen LogP contribution in [0.15, 0.2) is 48.5 Å². The minimum Gasteiger partial charge on any atom is -0.478 e. The fraction of sp³-hybridized carbons (Fsp3) is 0.167. The number of amides is 3. The summed E-state index contributed by atoms with van der Waals surface area (Å²) in [6.45, 7) is 1.03. The molecule has 0 spiro atoms. The average molecular weight is 394 g/mol. The summed E-state index contributed by atoms with van der Waals surface area (Å²) >= 11 is 5.79. The van der Waals surface area contributed by atoms with Gasteiger partial charge in [0.2, 0.25) is 0 Å². The van der Waals surface area contributed by atoms with Crippen molar-refractivity contribution in [3.63, 3.8) is 0 Å². The highest BCUT2D eigenvalue weighted by Crippen LogP contribution is 2.16. The molecule has 0 fully saturated rings. The molecule has 0 aliphatic heterocycles. The van der Waals surface area contributed by atoms with Crippen LogP contribution in [0.4, 0.5) is 4.39 Å². The van der Waals surface area contributed by atoms with Gasteiger partial charge in [0.05, 0.1) is 6.54 Å². The Balaban J connectivity index is 1.75. The topological polar surface area (TPSA) is 96.5 Å². The van der Waals surface area contributed by atoms with E-state index in [4.69, 9.17) is 16.3 Å². The summed E-state index contributed by atoms with van der Waals surface area (Å²) in [5.74, 6) is -2.52. The van der Waals surface area contributed by atoms with Gasteiger partial charge in [-0.2, -0.15) is 0 Å². The molecule has 0 saturated carbocycles. The van der Waals surface area contributed by atoms with Crippen LogP contribution in [0.1, 0.15) is 17.3 Å². The molecule has 3 amide bonds.